The van der Waals surface area contributed by atoms with Crippen molar-refractivity contribution in [3.05, 3.63) is 106 Å². The van der Waals surface area contributed by atoms with Gasteiger partial charge in [0.05, 0.1) is 24.8 Å². The van der Waals surface area contributed by atoms with E-state index in [4.69, 9.17) is 4.74 Å². The molecule has 0 heterocycles. The Kier molecular flexibility index (Phi) is 9.67. The van der Waals surface area contributed by atoms with Gasteiger partial charge in [-0.3, -0.25) is 4.79 Å². The van der Waals surface area contributed by atoms with Crippen LogP contribution in [0.3, 0.4) is 0 Å². The monoisotopic (exact) mass is 496 g/mol. The fourth-order valence-corrected chi connectivity index (χ4v) is 3.89. The first kappa shape index (κ1) is 27.0. The summed E-state index contributed by atoms with van der Waals surface area (Å²) >= 11 is 0. The van der Waals surface area contributed by atoms with E-state index in [9.17, 15) is 23.5 Å². The molecule has 3 aromatic carbocycles. The van der Waals surface area contributed by atoms with Crippen LogP contribution in [0, 0.1) is 11.6 Å². The largest absolute Gasteiger partial charge is 0.465 e. The molecule has 0 saturated carbocycles. The molecule has 190 valence electrons. The molecule has 3 aromatic rings. The van der Waals surface area contributed by atoms with E-state index in [1.807, 2.05) is 18.2 Å². The van der Waals surface area contributed by atoms with E-state index in [2.05, 4.69) is 23.6 Å². The van der Waals surface area contributed by atoms with Crippen molar-refractivity contribution in [3.8, 4) is 0 Å². The van der Waals surface area contributed by atoms with Crippen LogP contribution in [0.4, 0.5) is 8.78 Å². The maximum absolute atomic E-state index is 13.8. The molecule has 0 saturated heterocycles. The third-order valence-corrected chi connectivity index (χ3v) is 5.79. The van der Waals surface area contributed by atoms with Crippen LogP contribution < -0.4 is 10.6 Å². The van der Waals surface area contributed by atoms with E-state index in [1.54, 1.807) is 6.07 Å². The Morgan fingerprint density at radius 2 is 1.58 bits per heavy atom. The predicted molar refractivity (Wildman–Crippen MR) is 133 cm³/mol. The Morgan fingerprint density at radius 1 is 0.917 bits per heavy atom. The van der Waals surface area contributed by atoms with Gasteiger partial charge in [-0.15, -0.1) is 0 Å². The topological polar surface area (TPSA) is 87.7 Å². The summed E-state index contributed by atoms with van der Waals surface area (Å²) in [5, 5.41) is 16.8. The van der Waals surface area contributed by atoms with Gasteiger partial charge in [-0.1, -0.05) is 37.3 Å². The number of amides is 1. The van der Waals surface area contributed by atoms with Crippen molar-refractivity contribution < 1.29 is 28.2 Å². The van der Waals surface area contributed by atoms with Crippen molar-refractivity contribution >= 4 is 11.9 Å². The second-order valence-electron chi connectivity index (χ2n) is 8.51. The van der Waals surface area contributed by atoms with Crippen LogP contribution in [-0.2, 0) is 24.1 Å². The molecule has 0 aliphatic rings. The molecule has 8 heteroatoms. The van der Waals surface area contributed by atoms with Gasteiger partial charge in [0.2, 0.25) is 0 Å². The van der Waals surface area contributed by atoms with Crippen LogP contribution in [-0.4, -0.2) is 42.8 Å². The van der Waals surface area contributed by atoms with Gasteiger partial charge in [-0.25, -0.2) is 13.6 Å². The number of aliphatic hydroxyl groups excluding tert-OH is 1. The Hall–Kier alpha value is -3.62. The van der Waals surface area contributed by atoms with Crippen molar-refractivity contribution in [2.24, 2.45) is 0 Å². The molecule has 2 atom stereocenters. The number of rotatable bonds is 11. The van der Waals surface area contributed by atoms with Gasteiger partial charge in [0.25, 0.3) is 5.91 Å². The van der Waals surface area contributed by atoms with Crippen LogP contribution in [0.2, 0.25) is 0 Å². The molecule has 0 spiro atoms. The summed E-state index contributed by atoms with van der Waals surface area (Å²) in [6.45, 7) is 2.70. The molecule has 0 aliphatic heterocycles. The number of ether oxygens (including phenoxy) is 1. The number of nitrogens with one attached hydrogen (secondary N) is 2. The van der Waals surface area contributed by atoms with Crippen molar-refractivity contribution in [3.63, 3.8) is 0 Å². The van der Waals surface area contributed by atoms with Crippen molar-refractivity contribution in [2.45, 2.75) is 38.5 Å². The highest BCUT2D eigenvalue weighted by Crippen LogP contribution is 2.14. The minimum atomic E-state index is -1.07. The lowest BCUT2D eigenvalue weighted by atomic mass is 9.99. The number of aryl methyl sites for hydroxylation is 1. The highest BCUT2D eigenvalue weighted by molar-refractivity contribution is 5.98. The van der Waals surface area contributed by atoms with Gasteiger partial charge < -0.3 is 20.5 Å². The smallest absolute Gasteiger partial charge is 0.337 e. The van der Waals surface area contributed by atoms with Crippen LogP contribution in [0.1, 0.15) is 44.3 Å². The molecule has 3 rings (SSSR count). The average Bonchev–Trinajstić information content (AvgIpc) is 2.87. The zero-order valence-electron chi connectivity index (χ0n) is 20.3. The summed E-state index contributed by atoms with van der Waals surface area (Å²) in [5.74, 6) is -2.63. The maximum Gasteiger partial charge on any atom is 0.337 e. The summed E-state index contributed by atoms with van der Waals surface area (Å²) in [5.41, 5.74) is 2.92. The first-order chi connectivity index (χ1) is 17.3. The lowest BCUT2D eigenvalue weighted by molar-refractivity contribution is 0.0600. The fourth-order valence-electron chi connectivity index (χ4n) is 3.89. The van der Waals surface area contributed by atoms with Gasteiger partial charge in [0.1, 0.15) is 11.6 Å². The van der Waals surface area contributed by atoms with Crippen LogP contribution >= 0.6 is 0 Å². The summed E-state index contributed by atoms with van der Waals surface area (Å²) < 4.78 is 32.2. The minimum absolute atomic E-state index is 0.00865. The molecule has 36 heavy (non-hydrogen) atoms. The quantitative estimate of drug-likeness (QED) is 0.352. The highest BCUT2D eigenvalue weighted by atomic mass is 19.1. The van der Waals surface area contributed by atoms with Crippen LogP contribution in [0.15, 0.2) is 66.7 Å². The van der Waals surface area contributed by atoms with E-state index in [-0.39, 0.29) is 29.7 Å². The lowest BCUT2D eigenvalue weighted by Gasteiger charge is -2.25. The number of carbonyl (C=O) groups is 2. The summed E-state index contributed by atoms with van der Waals surface area (Å²) in [6.07, 6.45) is -0.171. The second kappa shape index (κ2) is 12.9. The summed E-state index contributed by atoms with van der Waals surface area (Å²) in [4.78, 5) is 24.8. The molecule has 0 aromatic heterocycles. The van der Waals surface area contributed by atoms with Crippen molar-refractivity contribution in [2.75, 3.05) is 13.7 Å². The minimum Gasteiger partial charge on any atom is -0.465 e. The van der Waals surface area contributed by atoms with Gasteiger partial charge in [-0.05, 0) is 59.9 Å². The number of carbonyl (C=O) groups excluding carboxylic acids is 2. The summed E-state index contributed by atoms with van der Waals surface area (Å²) in [6, 6.07) is 16.2. The van der Waals surface area contributed by atoms with E-state index in [1.165, 1.54) is 30.9 Å². The number of halogens is 2. The predicted octanol–water partition coefficient (Wildman–Crippen LogP) is 3.81. The molecule has 0 bridgehead atoms. The molecular formula is C28H30F2N2O4. The standard InChI is InChI=1S/C28H30F2N2O4/c1-3-18-6-4-7-19(10-18)16-31-17-26(33)25(13-20-11-23(29)15-24(30)12-20)32-27(34)21-8-5-9-22(14-21)28(35)36-2/h4-12,14-15,25-26,31,33H,3,13,16-17H2,1-2H3,(H,32,34)/t25-,26-/m0/s1. The second-order valence-corrected chi connectivity index (χ2v) is 8.51. The van der Waals surface area contributed by atoms with Crippen molar-refractivity contribution in [1.82, 2.24) is 10.6 Å². The van der Waals surface area contributed by atoms with Crippen LogP contribution in [0.5, 0.6) is 0 Å². The number of benzene rings is 3. The zero-order chi connectivity index (χ0) is 26.1. The molecule has 0 unspecified atom stereocenters. The fraction of sp³-hybridized carbons (Fsp3) is 0.286. The zero-order valence-corrected chi connectivity index (χ0v) is 20.3. The first-order valence-corrected chi connectivity index (χ1v) is 11.7. The van der Waals surface area contributed by atoms with E-state index in [0.717, 1.165) is 30.2 Å². The molecular weight excluding hydrogens is 466 g/mol. The normalized spacial score (nSPS) is 12.6. The molecule has 0 fully saturated rings. The number of aliphatic hydroxyl groups is 1. The SMILES string of the molecule is CCc1cccc(CNC[C@H](O)[C@H](Cc2cc(F)cc(F)c2)NC(=O)c2cccc(C(=O)OC)c2)c1. The third kappa shape index (κ3) is 7.69. The van der Waals surface area contributed by atoms with E-state index in [0.29, 0.717) is 6.54 Å². The van der Waals surface area contributed by atoms with Gasteiger partial charge in [0, 0.05) is 24.7 Å². The van der Waals surface area contributed by atoms with Gasteiger partial charge >= 0.3 is 5.97 Å². The molecule has 6 nitrogen and oxygen atoms in total. The first-order valence-electron chi connectivity index (χ1n) is 11.7. The summed E-state index contributed by atoms with van der Waals surface area (Å²) in [7, 11) is 1.24. The maximum atomic E-state index is 13.8. The van der Waals surface area contributed by atoms with E-state index >= 15 is 0 Å². The van der Waals surface area contributed by atoms with Gasteiger partial charge in [-0.2, -0.15) is 0 Å². The van der Waals surface area contributed by atoms with Gasteiger partial charge in [0.15, 0.2) is 0 Å². The number of esters is 1. The Balaban J connectivity index is 1.74. The highest BCUT2D eigenvalue weighted by Gasteiger charge is 2.23. The molecule has 0 radical (unpaired) electrons. The third-order valence-electron chi connectivity index (χ3n) is 5.79. The number of methoxy groups -OCH3 is 1. The molecule has 3 N–H and O–H groups in total. The Bertz CT molecular complexity index is 1180. The number of hydrogen-bond acceptors (Lipinski definition) is 5. The Labute approximate surface area is 209 Å². The lowest BCUT2D eigenvalue weighted by Crippen LogP contribution is -2.48. The van der Waals surface area contributed by atoms with E-state index < -0.39 is 35.7 Å². The van der Waals surface area contributed by atoms with Crippen LogP contribution in [0.25, 0.3) is 0 Å². The average molecular weight is 497 g/mol. The van der Waals surface area contributed by atoms with Crippen molar-refractivity contribution in [1.29, 1.82) is 0 Å². The Morgan fingerprint density at radius 3 is 2.28 bits per heavy atom. The molecule has 0 aliphatic carbocycles. The number of hydrogen-bond donors (Lipinski definition) is 3. The molecule has 1 amide bonds.